The number of allylic oxidation sites excluding steroid dienone is 2. The van der Waals surface area contributed by atoms with Crippen LogP contribution in [-0.2, 0) is 17.4 Å². The highest BCUT2D eigenvalue weighted by molar-refractivity contribution is 7.32. The van der Waals surface area contributed by atoms with Crippen LogP contribution in [0, 0.1) is 0 Å². The third-order valence-electron chi connectivity index (χ3n) is 2.14. The standard InChI is InChI=1S/C12H15O3P/c1-3-6-10-8-5-9-12(15-16(13)14)11(10)7-4-2/h3-5,8-9,16H,1-2,6-7H2,(H,13,14). The largest absolute Gasteiger partial charge is 0.426 e. The molecule has 0 aliphatic carbocycles. The fourth-order valence-electron chi connectivity index (χ4n) is 1.52. The van der Waals surface area contributed by atoms with Crippen molar-refractivity contribution in [2.45, 2.75) is 12.8 Å². The van der Waals surface area contributed by atoms with E-state index in [1.807, 2.05) is 6.07 Å². The second-order valence-corrected chi connectivity index (χ2v) is 3.98. The van der Waals surface area contributed by atoms with Crippen molar-refractivity contribution in [2.24, 2.45) is 0 Å². The van der Waals surface area contributed by atoms with Gasteiger partial charge in [-0.25, -0.2) is 4.57 Å². The smallest absolute Gasteiger partial charge is 0.365 e. The van der Waals surface area contributed by atoms with E-state index in [0.717, 1.165) is 11.1 Å². The third kappa shape index (κ3) is 3.37. The molecule has 1 rings (SSSR count). The molecule has 0 saturated carbocycles. The molecular formula is C12H15O3P. The second kappa shape index (κ2) is 6.31. The summed E-state index contributed by atoms with van der Waals surface area (Å²) < 4.78 is 15.6. The van der Waals surface area contributed by atoms with Gasteiger partial charge in [-0.05, 0) is 24.5 Å². The summed E-state index contributed by atoms with van der Waals surface area (Å²) in [6.45, 7) is 7.34. The summed E-state index contributed by atoms with van der Waals surface area (Å²) in [4.78, 5) is 8.80. The summed E-state index contributed by atoms with van der Waals surface area (Å²) >= 11 is 0. The van der Waals surface area contributed by atoms with Crippen molar-refractivity contribution >= 4 is 8.25 Å². The number of benzene rings is 1. The van der Waals surface area contributed by atoms with Gasteiger partial charge in [-0.2, -0.15) is 0 Å². The van der Waals surface area contributed by atoms with E-state index in [4.69, 9.17) is 9.42 Å². The molecule has 1 unspecified atom stereocenters. The molecule has 0 bridgehead atoms. The van der Waals surface area contributed by atoms with Gasteiger partial charge in [-0.3, -0.25) is 0 Å². The Morgan fingerprint density at radius 2 is 2.00 bits per heavy atom. The predicted molar refractivity (Wildman–Crippen MR) is 66.1 cm³/mol. The van der Waals surface area contributed by atoms with Crippen LogP contribution >= 0.6 is 8.25 Å². The third-order valence-corrected chi connectivity index (χ3v) is 2.53. The lowest BCUT2D eigenvalue weighted by Gasteiger charge is -2.11. The maximum absolute atomic E-state index is 10.7. The monoisotopic (exact) mass is 238 g/mol. The van der Waals surface area contributed by atoms with Gasteiger partial charge < -0.3 is 9.42 Å². The molecule has 0 heterocycles. The minimum absolute atomic E-state index is 0.450. The topological polar surface area (TPSA) is 46.5 Å². The molecular weight excluding hydrogens is 223 g/mol. The minimum Gasteiger partial charge on any atom is -0.426 e. The Morgan fingerprint density at radius 3 is 2.56 bits per heavy atom. The Labute approximate surface area is 96.0 Å². The first kappa shape index (κ1) is 12.8. The molecule has 86 valence electrons. The van der Waals surface area contributed by atoms with Gasteiger partial charge >= 0.3 is 8.25 Å². The molecule has 1 atom stereocenters. The summed E-state index contributed by atoms with van der Waals surface area (Å²) in [5, 5.41) is 0. The van der Waals surface area contributed by atoms with Crippen LogP contribution in [0.1, 0.15) is 11.1 Å². The maximum atomic E-state index is 10.7. The van der Waals surface area contributed by atoms with Crippen molar-refractivity contribution < 1.29 is 14.0 Å². The summed E-state index contributed by atoms with van der Waals surface area (Å²) in [6.07, 6.45) is 4.83. The lowest BCUT2D eigenvalue weighted by atomic mass is 10.0. The molecule has 16 heavy (non-hydrogen) atoms. The van der Waals surface area contributed by atoms with Gasteiger partial charge in [0.15, 0.2) is 0 Å². The molecule has 3 nitrogen and oxygen atoms in total. The minimum atomic E-state index is -2.97. The summed E-state index contributed by atoms with van der Waals surface area (Å²) in [7, 11) is -2.97. The van der Waals surface area contributed by atoms with E-state index in [-0.39, 0.29) is 0 Å². The predicted octanol–water partition coefficient (Wildman–Crippen LogP) is 2.90. The molecule has 0 saturated heterocycles. The van der Waals surface area contributed by atoms with Crippen LogP contribution in [0.3, 0.4) is 0 Å². The van der Waals surface area contributed by atoms with E-state index in [1.165, 1.54) is 0 Å². The lowest BCUT2D eigenvalue weighted by Crippen LogP contribution is -1.95. The Balaban J connectivity index is 3.13. The van der Waals surface area contributed by atoms with Gasteiger partial charge in [0.2, 0.25) is 0 Å². The number of hydrogen-bond acceptors (Lipinski definition) is 2. The van der Waals surface area contributed by atoms with Gasteiger partial charge in [0.05, 0.1) is 0 Å². The highest BCUT2D eigenvalue weighted by atomic mass is 31.1. The molecule has 0 aliphatic heterocycles. The van der Waals surface area contributed by atoms with Crippen LogP contribution in [0.5, 0.6) is 5.75 Å². The van der Waals surface area contributed by atoms with E-state index in [1.54, 1.807) is 24.3 Å². The van der Waals surface area contributed by atoms with Crippen molar-refractivity contribution in [3.05, 3.63) is 54.6 Å². The fraction of sp³-hybridized carbons (Fsp3) is 0.167. The lowest BCUT2D eigenvalue weighted by molar-refractivity contribution is 0.409. The molecule has 1 N–H and O–H groups in total. The van der Waals surface area contributed by atoms with E-state index >= 15 is 0 Å². The van der Waals surface area contributed by atoms with Crippen LogP contribution in [0.2, 0.25) is 0 Å². The Bertz CT molecular complexity index is 413. The molecule has 0 spiro atoms. The average molecular weight is 238 g/mol. The first-order valence-electron chi connectivity index (χ1n) is 4.92. The first-order valence-corrected chi connectivity index (χ1v) is 6.18. The van der Waals surface area contributed by atoms with Gasteiger partial charge in [0.1, 0.15) is 5.75 Å². The van der Waals surface area contributed by atoms with Crippen molar-refractivity contribution in [3.63, 3.8) is 0 Å². The van der Waals surface area contributed by atoms with Crippen LogP contribution < -0.4 is 4.52 Å². The highest BCUT2D eigenvalue weighted by Crippen LogP contribution is 2.30. The zero-order chi connectivity index (χ0) is 12.0. The van der Waals surface area contributed by atoms with Crippen molar-refractivity contribution in [3.8, 4) is 5.75 Å². The molecule has 1 aromatic rings. The summed E-state index contributed by atoms with van der Waals surface area (Å²) in [6, 6.07) is 5.43. The van der Waals surface area contributed by atoms with E-state index in [2.05, 4.69) is 13.2 Å². The normalized spacial score (nSPS) is 11.8. The quantitative estimate of drug-likeness (QED) is 0.612. The first-order chi connectivity index (χ1) is 7.69. The molecule has 4 heteroatoms. The maximum Gasteiger partial charge on any atom is 0.365 e. The molecule has 0 radical (unpaired) electrons. The van der Waals surface area contributed by atoms with Crippen LogP contribution in [0.4, 0.5) is 0 Å². The summed E-state index contributed by atoms with van der Waals surface area (Å²) in [5.41, 5.74) is 1.93. The fourth-order valence-corrected chi connectivity index (χ4v) is 1.90. The van der Waals surface area contributed by atoms with Gasteiger partial charge in [-0.1, -0.05) is 24.3 Å². The van der Waals surface area contributed by atoms with Crippen LogP contribution in [-0.4, -0.2) is 4.89 Å². The molecule has 0 fully saturated rings. The highest BCUT2D eigenvalue weighted by Gasteiger charge is 2.08. The molecule has 0 aliphatic rings. The molecule has 0 aromatic heterocycles. The Hall–Kier alpha value is -1.31. The van der Waals surface area contributed by atoms with E-state index < -0.39 is 8.25 Å². The molecule has 0 amide bonds. The Morgan fingerprint density at radius 1 is 1.31 bits per heavy atom. The van der Waals surface area contributed by atoms with Gasteiger partial charge in [-0.15, -0.1) is 13.2 Å². The van der Waals surface area contributed by atoms with Gasteiger partial charge in [0, 0.05) is 5.56 Å². The van der Waals surface area contributed by atoms with E-state index in [9.17, 15) is 4.57 Å². The number of hydrogen-bond donors (Lipinski definition) is 1. The van der Waals surface area contributed by atoms with Crippen LogP contribution in [0.15, 0.2) is 43.5 Å². The average Bonchev–Trinajstić information content (AvgIpc) is 2.22. The van der Waals surface area contributed by atoms with Crippen LogP contribution in [0.25, 0.3) is 0 Å². The zero-order valence-corrected chi connectivity index (χ0v) is 9.98. The van der Waals surface area contributed by atoms with Crippen molar-refractivity contribution in [2.75, 3.05) is 0 Å². The zero-order valence-electron chi connectivity index (χ0n) is 8.98. The second-order valence-electron chi connectivity index (χ2n) is 3.25. The Kier molecular flexibility index (Phi) is 5.03. The SMILES string of the molecule is C=CCc1cccc(O[PH](=O)O)c1CC=C. The van der Waals surface area contributed by atoms with Gasteiger partial charge in [0.25, 0.3) is 0 Å². The molecule has 1 aromatic carbocycles. The van der Waals surface area contributed by atoms with Crippen molar-refractivity contribution in [1.82, 2.24) is 0 Å². The summed E-state index contributed by atoms with van der Waals surface area (Å²) in [5.74, 6) is 0.450. The number of rotatable bonds is 6. The van der Waals surface area contributed by atoms with E-state index in [0.29, 0.717) is 18.6 Å². The van der Waals surface area contributed by atoms with Crippen molar-refractivity contribution in [1.29, 1.82) is 0 Å².